The molecule has 0 saturated carbocycles. The van der Waals surface area contributed by atoms with Gasteiger partial charge in [-0.15, -0.1) is 0 Å². The molecular formula is C45H46O. The molecule has 0 saturated heterocycles. The van der Waals surface area contributed by atoms with Gasteiger partial charge in [-0.25, -0.2) is 0 Å². The normalized spacial score (nSPS) is 14.4. The van der Waals surface area contributed by atoms with Crippen molar-refractivity contribution in [3.63, 3.8) is 0 Å². The highest BCUT2D eigenvalue weighted by molar-refractivity contribution is 6.31. The van der Waals surface area contributed by atoms with Crippen LogP contribution in [0.15, 0.2) is 91.0 Å². The van der Waals surface area contributed by atoms with Gasteiger partial charge in [0.05, 0.1) is 0 Å². The van der Waals surface area contributed by atoms with Crippen LogP contribution < -0.4 is 0 Å². The molecule has 1 N–H and O–H groups in total. The summed E-state index contributed by atoms with van der Waals surface area (Å²) >= 11 is 0. The van der Waals surface area contributed by atoms with E-state index in [2.05, 4.69) is 160 Å². The lowest BCUT2D eigenvalue weighted by Crippen LogP contribution is -2.29. The Morgan fingerprint density at radius 3 is 0.978 bits per heavy atom. The Labute approximate surface area is 276 Å². The average molecular weight is 603 g/mol. The first-order valence-corrected chi connectivity index (χ1v) is 16.4. The van der Waals surface area contributed by atoms with Gasteiger partial charge in [-0.1, -0.05) is 141 Å². The van der Waals surface area contributed by atoms with E-state index in [1.807, 2.05) is 0 Å². The minimum Gasteiger partial charge on any atom is -0.376 e. The third kappa shape index (κ3) is 5.59. The molecule has 0 heterocycles. The van der Waals surface area contributed by atoms with E-state index in [0.29, 0.717) is 0 Å². The summed E-state index contributed by atoms with van der Waals surface area (Å²) in [6, 6.07) is 33.6. The maximum atomic E-state index is 14.1. The summed E-state index contributed by atoms with van der Waals surface area (Å²) < 4.78 is 0. The molecule has 0 amide bonds. The standard InChI is InChI=1S/C45H46O/c1-26-11-12-35(10)40(25-26)45(46)43(38-21-31(6)15-32(7)22-38)41(36-17-27(2)13-28(3)18-36)42(37-19-29(4)14-30(5)20-37)44(45)39-23-33(8)16-34(9)24-39/h11-25,46H,1-10H3. The van der Waals surface area contributed by atoms with Gasteiger partial charge >= 0.3 is 0 Å². The lowest BCUT2D eigenvalue weighted by molar-refractivity contribution is 0.166. The van der Waals surface area contributed by atoms with Crippen LogP contribution in [0.5, 0.6) is 0 Å². The molecule has 0 aliphatic heterocycles. The lowest BCUT2D eigenvalue weighted by Gasteiger charge is -2.34. The zero-order valence-electron chi connectivity index (χ0n) is 29.1. The molecule has 0 spiro atoms. The van der Waals surface area contributed by atoms with Gasteiger partial charge in [0.2, 0.25) is 0 Å². The fourth-order valence-corrected chi connectivity index (χ4v) is 7.89. The van der Waals surface area contributed by atoms with Gasteiger partial charge in [0.1, 0.15) is 5.60 Å². The van der Waals surface area contributed by atoms with Crippen molar-refractivity contribution in [1.82, 2.24) is 0 Å². The van der Waals surface area contributed by atoms with Crippen molar-refractivity contribution in [3.8, 4) is 0 Å². The molecule has 5 aromatic rings. The van der Waals surface area contributed by atoms with Crippen LogP contribution in [0.25, 0.3) is 22.3 Å². The third-order valence-corrected chi connectivity index (χ3v) is 9.30. The molecule has 6 rings (SSSR count). The number of aliphatic hydroxyl groups is 1. The Kier molecular flexibility index (Phi) is 8.03. The summed E-state index contributed by atoms with van der Waals surface area (Å²) in [5, 5.41) is 14.1. The van der Waals surface area contributed by atoms with Crippen molar-refractivity contribution < 1.29 is 5.11 Å². The van der Waals surface area contributed by atoms with E-state index in [0.717, 1.165) is 61.2 Å². The fourth-order valence-electron chi connectivity index (χ4n) is 7.89. The second-order valence-corrected chi connectivity index (χ2v) is 14.0. The molecule has 232 valence electrons. The first-order valence-electron chi connectivity index (χ1n) is 16.4. The average Bonchev–Trinajstić information content (AvgIpc) is 3.22. The number of benzene rings is 5. The molecule has 0 unspecified atom stereocenters. The summed E-state index contributed by atoms with van der Waals surface area (Å²) in [7, 11) is 0. The monoisotopic (exact) mass is 602 g/mol. The van der Waals surface area contributed by atoms with Gasteiger partial charge in [-0.05, 0) is 114 Å². The third-order valence-electron chi connectivity index (χ3n) is 9.30. The fraction of sp³-hybridized carbons (Fsp3) is 0.244. The summed E-state index contributed by atoms with van der Waals surface area (Å²) in [4.78, 5) is 0. The smallest absolute Gasteiger partial charge is 0.143 e. The van der Waals surface area contributed by atoms with E-state index in [-0.39, 0.29) is 0 Å². The van der Waals surface area contributed by atoms with Crippen LogP contribution in [-0.2, 0) is 5.60 Å². The zero-order chi connectivity index (χ0) is 33.1. The van der Waals surface area contributed by atoms with Crippen LogP contribution in [-0.4, -0.2) is 5.11 Å². The summed E-state index contributed by atoms with van der Waals surface area (Å²) in [6.07, 6.45) is 0. The van der Waals surface area contributed by atoms with E-state index in [9.17, 15) is 5.11 Å². The predicted molar refractivity (Wildman–Crippen MR) is 197 cm³/mol. The number of hydrogen-bond acceptors (Lipinski definition) is 1. The Morgan fingerprint density at radius 2 is 0.652 bits per heavy atom. The second-order valence-electron chi connectivity index (χ2n) is 14.0. The first kappa shape index (κ1) is 31.5. The van der Waals surface area contributed by atoms with Gasteiger partial charge in [0, 0.05) is 11.1 Å². The summed E-state index contributed by atoms with van der Waals surface area (Å²) in [6.45, 7) is 21.6. The Balaban J connectivity index is 1.94. The second kappa shape index (κ2) is 11.7. The SMILES string of the molecule is Cc1cc(C)cc(C2=C(c3cc(C)cc(C)c3)C(O)(c3cc(C)ccc3C)C(c3cc(C)cc(C)c3)=C2c2cc(C)cc(C)c2)c1. The highest BCUT2D eigenvalue weighted by Gasteiger charge is 2.49. The molecule has 0 atom stereocenters. The first-order chi connectivity index (χ1) is 21.7. The highest BCUT2D eigenvalue weighted by Crippen LogP contribution is 2.61. The van der Waals surface area contributed by atoms with Gasteiger partial charge in [0.15, 0.2) is 0 Å². The Morgan fingerprint density at radius 1 is 0.348 bits per heavy atom. The van der Waals surface area contributed by atoms with Crippen LogP contribution in [0.1, 0.15) is 83.5 Å². The van der Waals surface area contributed by atoms with Crippen LogP contribution in [0.3, 0.4) is 0 Å². The number of allylic oxidation sites excluding steroid dienone is 2. The Bertz CT molecular complexity index is 1890. The minimum absolute atomic E-state index is 0.928. The van der Waals surface area contributed by atoms with Crippen LogP contribution >= 0.6 is 0 Å². The largest absolute Gasteiger partial charge is 0.376 e. The van der Waals surface area contributed by atoms with Crippen molar-refractivity contribution in [3.05, 3.63) is 174 Å². The molecule has 1 nitrogen and oxygen atoms in total. The highest BCUT2D eigenvalue weighted by atomic mass is 16.3. The van der Waals surface area contributed by atoms with Crippen LogP contribution in [0.4, 0.5) is 0 Å². The molecule has 1 aliphatic carbocycles. The van der Waals surface area contributed by atoms with E-state index in [4.69, 9.17) is 0 Å². The van der Waals surface area contributed by atoms with Crippen LogP contribution in [0.2, 0.25) is 0 Å². The topological polar surface area (TPSA) is 20.2 Å². The minimum atomic E-state index is -1.43. The van der Waals surface area contributed by atoms with Gasteiger partial charge in [0.25, 0.3) is 0 Å². The predicted octanol–water partition coefficient (Wildman–Crippen LogP) is 11.2. The quantitative estimate of drug-likeness (QED) is 0.212. The van der Waals surface area contributed by atoms with Crippen molar-refractivity contribution in [1.29, 1.82) is 0 Å². The number of hydrogen-bond donors (Lipinski definition) is 1. The molecule has 0 bridgehead atoms. The van der Waals surface area contributed by atoms with E-state index >= 15 is 0 Å². The van der Waals surface area contributed by atoms with Crippen molar-refractivity contribution >= 4 is 22.3 Å². The molecule has 0 radical (unpaired) electrons. The van der Waals surface area contributed by atoms with Gasteiger partial charge < -0.3 is 5.11 Å². The van der Waals surface area contributed by atoms with E-state index in [1.54, 1.807) is 0 Å². The van der Waals surface area contributed by atoms with Crippen molar-refractivity contribution in [2.75, 3.05) is 0 Å². The summed E-state index contributed by atoms with van der Waals surface area (Å²) in [5.74, 6) is 0. The van der Waals surface area contributed by atoms with Crippen molar-refractivity contribution in [2.45, 2.75) is 74.8 Å². The Hall–Kier alpha value is -4.46. The molecule has 5 aromatic carbocycles. The summed E-state index contributed by atoms with van der Waals surface area (Å²) in [5.41, 5.74) is 19.7. The van der Waals surface area contributed by atoms with Gasteiger partial charge in [-0.3, -0.25) is 0 Å². The molecule has 1 heteroatoms. The maximum Gasteiger partial charge on any atom is 0.143 e. The zero-order valence-corrected chi connectivity index (χ0v) is 29.1. The van der Waals surface area contributed by atoms with E-state index < -0.39 is 5.60 Å². The molecule has 46 heavy (non-hydrogen) atoms. The van der Waals surface area contributed by atoms with E-state index in [1.165, 1.54) is 44.5 Å². The van der Waals surface area contributed by atoms with Crippen molar-refractivity contribution in [2.24, 2.45) is 0 Å². The molecule has 1 aliphatic rings. The number of rotatable bonds is 5. The molecule has 0 fully saturated rings. The molecular weight excluding hydrogens is 556 g/mol. The number of aryl methyl sites for hydroxylation is 10. The lowest BCUT2D eigenvalue weighted by atomic mass is 9.74. The van der Waals surface area contributed by atoms with Gasteiger partial charge in [-0.2, -0.15) is 0 Å². The maximum absolute atomic E-state index is 14.1. The van der Waals surface area contributed by atoms with Crippen LogP contribution in [0, 0.1) is 69.2 Å². The molecule has 0 aromatic heterocycles.